The molecule has 1 aromatic carbocycles. The first-order valence-corrected chi connectivity index (χ1v) is 7.30. The molecule has 0 spiro atoms. The second-order valence-electron chi connectivity index (χ2n) is 5.36. The molecule has 0 amide bonds. The van der Waals surface area contributed by atoms with Gasteiger partial charge >= 0.3 is 6.18 Å². The molecule has 1 aromatic heterocycles. The number of nitrogens with zero attached hydrogens (tertiary/aromatic N) is 5. The van der Waals surface area contributed by atoms with E-state index in [0.717, 1.165) is 6.07 Å². The standard InChI is InChI=1S/C15H16F3N5/c16-15(17,18)13-4-2-1-3-12(13)11-22-7-9-23(10-8-22)14-19-5-6-20-21-14/h1-6H,7-11H2. The minimum atomic E-state index is -4.32. The van der Waals surface area contributed by atoms with Crippen molar-refractivity contribution in [2.45, 2.75) is 12.7 Å². The van der Waals surface area contributed by atoms with Gasteiger partial charge in [-0.15, -0.1) is 5.10 Å². The highest BCUT2D eigenvalue weighted by atomic mass is 19.4. The van der Waals surface area contributed by atoms with Crippen molar-refractivity contribution in [3.8, 4) is 0 Å². The molecule has 1 aliphatic rings. The van der Waals surface area contributed by atoms with Crippen LogP contribution in [0.2, 0.25) is 0 Å². The maximum absolute atomic E-state index is 13.0. The molecule has 3 rings (SSSR count). The highest BCUT2D eigenvalue weighted by Crippen LogP contribution is 2.32. The first-order chi connectivity index (χ1) is 11.0. The Morgan fingerprint density at radius 1 is 1.00 bits per heavy atom. The average molecular weight is 323 g/mol. The van der Waals surface area contributed by atoms with Gasteiger partial charge in [0.2, 0.25) is 5.95 Å². The number of anilines is 1. The largest absolute Gasteiger partial charge is 0.416 e. The lowest BCUT2D eigenvalue weighted by Gasteiger charge is -2.34. The number of hydrogen-bond donors (Lipinski definition) is 0. The molecular weight excluding hydrogens is 307 g/mol. The number of piperazine rings is 1. The van der Waals surface area contributed by atoms with E-state index in [1.807, 2.05) is 9.80 Å². The topological polar surface area (TPSA) is 45.2 Å². The molecule has 0 radical (unpaired) electrons. The Labute approximate surface area is 131 Å². The normalized spacial score (nSPS) is 16.6. The summed E-state index contributed by atoms with van der Waals surface area (Å²) in [5, 5.41) is 7.75. The summed E-state index contributed by atoms with van der Waals surface area (Å²) in [6.07, 6.45) is -1.23. The summed E-state index contributed by atoms with van der Waals surface area (Å²) < 4.78 is 39.1. The Morgan fingerprint density at radius 3 is 2.39 bits per heavy atom. The lowest BCUT2D eigenvalue weighted by molar-refractivity contribution is -0.138. The van der Waals surface area contributed by atoms with Crippen molar-refractivity contribution in [1.29, 1.82) is 0 Å². The zero-order chi connectivity index (χ0) is 16.3. The molecule has 1 aliphatic heterocycles. The van der Waals surface area contributed by atoms with Crippen LogP contribution in [-0.2, 0) is 12.7 Å². The van der Waals surface area contributed by atoms with Crippen LogP contribution in [0.4, 0.5) is 19.1 Å². The molecule has 0 bridgehead atoms. The molecule has 122 valence electrons. The van der Waals surface area contributed by atoms with Crippen LogP contribution in [0.1, 0.15) is 11.1 Å². The highest BCUT2D eigenvalue weighted by molar-refractivity contribution is 5.31. The molecule has 0 atom stereocenters. The third-order valence-corrected chi connectivity index (χ3v) is 3.84. The molecule has 0 N–H and O–H groups in total. The highest BCUT2D eigenvalue weighted by Gasteiger charge is 2.33. The fraction of sp³-hybridized carbons (Fsp3) is 0.400. The molecule has 0 unspecified atom stereocenters. The van der Waals surface area contributed by atoms with Crippen molar-refractivity contribution < 1.29 is 13.2 Å². The van der Waals surface area contributed by atoms with Crippen LogP contribution in [0.25, 0.3) is 0 Å². The van der Waals surface area contributed by atoms with Crippen molar-refractivity contribution >= 4 is 5.95 Å². The van der Waals surface area contributed by atoms with E-state index >= 15 is 0 Å². The summed E-state index contributed by atoms with van der Waals surface area (Å²) in [7, 11) is 0. The van der Waals surface area contributed by atoms with Crippen molar-refractivity contribution in [3.63, 3.8) is 0 Å². The van der Waals surface area contributed by atoms with Crippen LogP contribution in [-0.4, -0.2) is 46.3 Å². The molecule has 0 aliphatic carbocycles. The zero-order valence-corrected chi connectivity index (χ0v) is 12.4. The lowest BCUT2D eigenvalue weighted by Crippen LogP contribution is -2.46. The Hall–Kier alpha value is -2.22. The number of alkyl halides is 3. The van der Waals surface area contributed by atoms with Gasteiger partial charge in [0.25, 0.3) is 0 Å². The fourth-order valence-corrected chi connectivity index (χ4v) is 2.67. The van der Waals surface area contributed by atoms with Crippen molar-refractivity contribution in [2.75, 3.05) is 31.1 Å². The third kappa shape index (κ3) is 3.76. The number of rotatable bonds is 3. The summed E-state index contributed by atoms with van der Waals surface area (Å²) in [4.78, 5) is 8.14. The average Bonchev–Trinajstić information content (AvgIpc) is 2.56. The Balaban J connectivity index is 1.64. The Bertz CT molecular complexity index is 639. The molecular formula is C15H16F3N5. The maximum Gasteiger partial charge on any atom is 0.416 e. The predicted octanol–water partition coefficient (Wildman–Crippen LogP) is 2.21. The monoisotopic (exact) mass is 323 g/mol. The Kier molecular flexibility index (Phi) is 4.42. The zero-order valence-electron chi connectivity index (χ0n) is 12.4. The van der Waals surface area contributed by atoms with Gasteiger partial charge in [0.1, 0.15) is 0 Å². The van der Waals surface area contributed by atoms with Crippen LogP contribution in [0.15, 0.2) is 36.7 Å². The van der Waals surface area contributed by atoms with Gasteiger partial charge in [0.05, 0.1) is 18.0 Å². The van der Waals surface area contributed by atoms with E-state index in [-0.39, 0.29) is 6.54 Å². The molecule has 1 saturated heterocycles. The second-order valence-corrected chi connectivity index (χ2v) is 5.36. The van der Waals surface area contributed by atoms with Gasteiger partial charge in [0.15, 0.2) is 0 Å². The molecule has 2 heterocycles. The molecule has 0 saturated carbocycles. The van der Waals surface area contributed by atoms with Crippen LogP contribution in [0.3, 0.4) is 0 Å². The van der Waals surface area contributed by atoms with E-state index in [1.165, 1.54) is 12.3 Å². The smallest absolute Gasteiger partial charge is 0.337 e. The predicted molar refractivity (Wildman–Crippen MR) is 78.8 cm³/mol. The van der Waals surface area contributed by atoms with Gasteiger partial charge in [-0.2, -0.15) is 18.3 Å². The minimum absolute atomic E-state index is 0.289. The van der Waals surface area contributed by atoms with Crippen LogP contribution in [0.5, 0.6) is 0 Å². The van der Waals surface area contributed by atoms with E-state index in [4.69, 9.17) is 0 Å². The maximum atomic E-state index is 13.0. The van der Waals surface area contributed by atoms with Crippen LogP contribution in [0, 0.1) is 0 Å². The SMILES string of the molecule is FC(F)(F)c1ccccc1CN1CCN(c2nccnn2)CC1. The molecule has 8 heteroatoms. The number of aromatic nitrogens is 3. The molecule has 23 heavy (non-hydrogen) atoms. The van der Waals surface area contributed by atoms with E-state index < -0.39 is 11.7 Å². The summed E-state index contributed by atoms with van der Waals surface area (Å²) in [5.41, 5.74) is -0.246. The number of hydrogen-bond acceptors (Lipinski definition) is 5. The molecule has 2 aromatic rings. The summed E-state index contributed by atoms with van der Waals surface area (Å²) in [5.74, 6) is 0.558. The molecule has 5 nitrogen and oxygen atoms in total. The van der Waals surface area contributed by atoms with Crippen molar-refractivity contribution in [2.24, 2.45) is 0 Å². The number of halogens is 3. The summed E-state index contributed by atoms with van der Waals surface area (Å²) >= 11 is 0. The summed E-state index contributed by atoms with van der Waals surface area (Å²) in [6, 6.07) is 5.74. The van der Waals surface area contributed by atoms with E-state index in [1.54, 1.807) is 18.3 Å². The van der Waals surface area contributed by atoms with Gasteiger partial charge in [-0.25, -0.2) is 4.98 Å². The van der Waals surface area contributed by atoms with Gasteiger partial charge in [-0.1, -0.05) is 18.2 Å². The Morgan fingerprint density at radius 2 is 1.74 bits per heavy atom. The van der Waals surface area contributed by atoms with E-state index in [2.05, 4.69) is 15.2 Å². The lowest BCUT2D eigenvalue weighted by atomic mass is 10.1. The first-order valence-electron chi connectivity index (χ1n) is 7.30. The number of benzene rings is 1. The van der Waals surface area contributed by atoms with Crippen molar-refractivity contribution in [3.05, 3.63) is 47.8 Å². The van der Waals surface area contributed by atoms with Crippen LogP contribution < -0.4 is 4.90 Å². The van der Waals surface area contributed by atoms with Gasteiger partial charge in [-0.05, 0) is 11.6 Å². The quantitative estimate of drug-likeness (QED) is 0.867. The van der Waals surface area contributed by atoms with Crippen molar-refractivity contribution in [1.82, 2.24) is 20.1 Å². The summed E-state index contributed by atoms with van der Waals surface area (Å²) in [6.45, 7) is 2.94. The molecule has 1 fully saturated rings. The van der Waals surface area contributed by atoms with Crippen LogP contribution >= 0.6 is 0 Å². The first kappa shape index (κ1) is 15.7. The van der Waals surface area contributed by atoms with Gasteiger partial charge in [-0.3, -0.25) is 4.90 Å². The minimum Gasteiger partial charge on any atom is -0.337 e. The van der Waals surface area contributed by atoms with E-state index in [0.29, 0.717) is 37.7 Å². The van der Waals surface area contributed by atoms with Gasteiger partial charge in [0, 0.05) is 32.7 Å². The fourth-order valence-electron chi connectivity index (χ4n) is 2.67. The third-order valence-electron chi connectivity index (χ3n) is 3.84. The second kappa shape index (κ2) is 6.49. The van der Waals surface area contributed by atoms with Gasteiger partial charge < -0.3 is 4.90 Å². The van der Waals surface area contributed by atoms with E-state index in [9.17, 15) is 13.2 Å².